The fourth-order valence-electron chi connectivity index (χ4n) is 1.58. The lowest BCUT2D eigenvalue weighted by Gasteiger charge is -2.07. The molecule has 3 heteroatoms. The molecule has 0 aliphatic carbocycles. The Morgan fingerprint density at radius 1 is 1.31 bits per heavy atom. The van der Waals surface area contributed by atoms with Crippen molar-refractivity contribution in [3.05, 3.63) is 34.9 Å². The van der Waals surface area contributed by atoms with E-state index in [4.69, 9.17) is 0 Å². The summed E-state index contributed by atoms with van der Waals surface area (Å²) in [6.07, 6.45) is 2.11. The van der Waals surface area contributed by atoms with E-state index in [0.29, 0.717) is 0 Å². The molecule has 0 spiro atoms. The molecule has 1 aromatic carbocycles. The minimum absolute atomic E-state index is 0.0343. The molecular weight excluding hydrogens is 266 g/mol. The first-order chi connectivity index (χ1) is 7.65. The third-order valence-electron chi connectivity index (χ3n) is 2.47. The summed E-state index contributed by atoms with van der Waals surface area (Å²) >= 11 is 3.37. The second-order valence-corrected chi connectivity index (χ2v) is 4.76. The molecule has 0 heterocycles. The average molecular weight is 284 g/mol. The van der Waals surface area contributed by atoms with Crippen molar-refractivity contribution in [2.24, 2.45) is 0 Å². The Morgan fingerprint density at radius 3 is 2.69 bits per heavy atom. The predicted molar refractivity (Wildman–Crippen MR) is 71.3 cm³/mol. The summed E-state index contributed by atoms with van der Waals surface area (Å²) in [6, 6.07) is 5.90. The number of halogens is 1. The second-order valence-electron chi connectivity index (χ2n) is 3.97. The Morgan fingerprint density at radius 2 is 2.06 bits per heavy atom. The van der Waals surface area contributed by atoms with Gasteiger partial charge in [0.25, 0.3) is 5.91 Å². The monoisotopic (exact) mass is 283 g/mol. The molecule has 1 rings (SSSR count). The van der Waals surface area contributed by atoms with Crippen molar-refractivity contribution >= 4 is 21.8 Å². The number of carbonyl (C=O) groups is 1. The normalized spacial score (nSPS) is 10.2. The number of carbonyl (C=O) groups excluding carboxylic acids is 1. The molecule has 1 N–H and O–H groups in total. The predicted octanol–water partition coefficient (Wildman–Crippen LogP) is 3.21. The van der Waals surface area contributed by atoms with Crippen LogP contribution in [0.5, 0.6) is 0 Å². The van der Waals surface area contributed by atoms with Crippen LogP contribution in [-0.2, 0) is 0 Å². The van der Waals surface area contributed by atoms with Crippen LogP contribution in [0.15, 0.2) is 18.2 Å². The van der Waals surface area contributed by atoms with Crippen LogP contribution < -0.4 is 5.32 Å². The van der Waals surface area contributed by atoms with Crippen LogP contribution >= 0.6 is 15.9 Å². The van der Waals surface area contributed by atoms with Crippen molar-refractivity contribution in [3.8, 4) is 0 Å². The largest absolute Gasteiger partial charge is 0.352 e. The van der Waals surface area contributed by atoms with E-state index in [-0.39, 0.29) is 5.91 Å². The topological polar surface area (TPSA) is 29.1 Å². The lowest BCUT2D eigenvalue weighted by atomic mass is 10.1. The van der Waals surface area contributed by atoms with Crippen molar-refractivity contribution in [2.75, 3.05) is 11.9 Å². The number of unbranched alkanes of at least 4 members (excludes halogenated alkanes) is 1. The number of hydrogen-bond acceptors (Lipinski definition) is 1. The minimum Gasteiger partial charge on any atom is -0.352 e. The van der Waals surface area contributed by atoms with Crippen molar-refractivity contribution in [3.63, 3.8) is 0 Å². The van der Waals surface area contributed by atoms with E-state index in [2.05, 4.69) is 21.2 Å². The molecule has 0 aliphatic heterocycles. The summed E-state index contributed by atoms with van der Waals surface area (Å²) in [4.78, 5) is 11.8. The Balaban J connectivity index is 2.53. The molecule has 0 saturated heterocycles. The van der Waals surface area contributed by atoms with Gasteiger partial charge in [-0.2, -0.15) is 0 Å². The maximum atomic E-state index is 11.8. The highest BCUT2D eigenvalue weighted by Gasteiger charge is 2.07. The van der Waals surface area contributed by atoms with Crippen LogP contribution in [0.1, 0.15) is 34.3 Å². The van der Waals surface area contributed by atoms with Gasteiger partial charge in [-0.15, -0.1) is 0 Å². The van der Waals surface area contributed by atoms with Crippen LogP contribution in [0.2, 0.25) is 0 Å². The highest BCUT2D eigenvalue weighted by Crippen LogP contribution is 2.10. The fourth-order valence-corrected chi connectivity index (χ4v) is 1.98. The average Bonchev–Trinajstić information content (AvgIpc) is 2.24. The van der Waals surface area contributed by atoms with Crippen LogP contribution in [0.3, 0.4) is 0 Å². The van der Waals surface area contributed by atoms with E-state index in [9.17, 15) is 4.79 Å². The lowest BCUT2D eigenvalue weighted by Crippen LogP contribution is -2.25. The number of benzene rings is 1. The van der Waals surface area contributed by atoms with E-state index in [1.165, 1.54) is 5.56 Å². The number of amides is 1. The number of nitrogens with one attached hydrogen (secondary N) is 1. The van der Waals surface area contributed by atoms with Gasteiger partial charge in [-0.1, -0.05) is 33.6 Å². The zero-order valence-corrected chi connectivity index (χ0v) is 11.4. The number of aryl methyl sites for hydroxylation is 2. The lowest BCUT2D eigenvalue weighted by molar-refractivity contribution is 0.0952. The van der Waals surface area contributed by atoms with Gasteiger partial charge < -0.3 is 5.32 Å². The van der Waals surface area contributed by atoms with Crippen LogP contribution in [0.4, 0.5) is 0 Å². The quantitative estimate of drug-likeness (QED) is 0.653. The molecule has 2 nitrogen and oxygen atoms in total. The molecule has 0 fully saturated rings. The molecule has 16 heavy (non-hydrogen) atoms. The van der Waals surface area contributed by atoms with Gasteiger partial charge >= 0.3 is 0 Å². The second kappa shape index (κ2) is 6.69. The molecule has 0 aliphatic rings. The summed E-state index contributed by atoms with van der Waals surface area (Å²) in [5.41, 5.74) is 3.01. The van der Waals surface area contributed by atoms with Gasteiger partial charge in [0, 0.05) is 17.4 Å². The summed E-state index contributed by atoms with van der Waals surface area (Å²) < 4.78 is 0. The highest BCUT2D eigenvalue weighted by molar-refractivity contribution is 9.09. The van der Waals surface area contributed by atoms with Gasteiger partial charge in [0.05, 0.1) is 0 Å². The van der Waals surface area contributed by atoms with Gasteiger partial charge in [-0.3, -0.25) is 4.79 Å². The minimum atomic E-state index is 0.0343. The SMILES string of the molecule is Cc1ccc(C(=O)NCCCCBr)c(C)c1. The van der Waals surface area contributed by atoms with Crippen LogP contribution in [0, 0.1) is 13.8 Å². The van der Waals surface area contributed by atoms with E-state index >= 15 is 0 Å². The third kappa shape index (κ3) is 3.97. The van der Waals surface area contributed by atoms with Gasteiger partial charge in [-0.05, 0) is 38.3 Å². The third-order valence-corrected chi connectivity index (χ3v) is 3.03. The molecule has 0 aromatic heterocycles. The fraction of sp³-hybridized carbons (Fsp3) is 0.462. The van der Waals surface area contributed by atoms with Gasteiger partial charge in [-0.25, -0.2) is 0 Å². The number of rotatable bonds is 5. The van der Waals surface area contributed by atoms with Gasteiger partial charge in [0.1, 0.15) is 0 Å². The van der Waals surface area contributed by atoms with Crippen LogP contribution in [-0.4, -0.2) is 17.8 Å². The molecule has 0 atom stereocenters. The summed E-state index contributed by atoms with van der Waals surface area (Å²) in [5.74, 6) is 0.0343. The smallest absolute Gasteiger partial charge is 0.251 e. The first-order valence-electron chi connectivity index (χ1n) is 5.56. The summed E-state index contributed by atoms with van der Waals surface area (Å²) in [5, 5.41) is 3.93. The molecule has 0 saturated carbocycles. The number of alkyl halides is 1. The molecule has 1 aromatic rings. The first-order valence-corrected chi connectivity index (χ1v) is 6.68. The zero-order valence-electron chi connectivity index (χ0n) is 9.85. The van der Waals surface area contributed by atoms with Crippen molar-refractivity contribution in [1.29, 1.82) is 0 Å². The van der Waals surface area contributed by atoms with Crippen LogP contribution in [0.25, 0.3) is 0 Å². The Bertz CT molecular complexity index is 363. The molecular formula is C13H18BrNO. The first kappa shape index (κ1) is 13.2. The van der Waals surface area contributed by atoms with Gasteiger partial charge in [0.2, 0.25) is 0 Å². The Hall–Kier alpha value is -0.830. The van der Waals surface area contributed by atoms with Gasteiger partial charge in [0.15, 0.2) is 0 Å². The molecule has 88 valence electrons. The van der Waals surface area contributed by atoms with Crippen molar-refractivity contribution in [2.45, 2.75) is 26.7 Å². The molecule has 0 bridgehead atoms. The van der Waals surface area contributed by atoms with E-state index in [1.807, 2.05) is 32.0 Å². The van der Waals surface area contributed by atoms with Crippen molar-refractivity contribution < 1.29 is 4.79 Å². The summed E-state index contributed by atoms with van der Waals surface area (Å²) in [6.45, 7) is 4.75. The molecule has 0 unspecified atom stereocenters. The number of hydrogen-bond donors (Lipinski definition) is 1. The Labute approximate surface area is 106 Å². The molecule has 1 amide bonds. The standard InChI is InChI=1S/C13H18BrNO/c1-10-5-6-12(11(2)9-10)13(16)15-8-4-3-7-14/h5-6,9H,3-4,7-8H2,1-2H3,(H,15,16). The maximum Gasteiger partial charge on any atom is 0.251 e. The van der Waals surface area contributed by atoms with E-state index in [0.717, 1.165) is 35.8 Å². The summed E-state index contributed by atoms with van der Waals surface area (Å²) in [7, 11) is 0. The van der Waals surface area contributed by atoms with E-state index < -0.39 is 0 Å². The Kier molecular flexibility index (Phi) is 5.53. The van der Waals surface area contributed by atoms with E-state index in [1.54, 1.807) is 0 Å². The molecule has 0 radical (unpaired) electrons. The van der Waals surface area contributed by atoms with Crippen molar-refractivity contribution in [1.82, 2.24) is 5.32 Å². The highest BCUT2D eigenvalue weighted by atomic mass is 79.9. The maximum absolute atomic E-state index is 11.8. The zero-order chi connectivity index (χ0) is 12.0.